The zero-order valence-corrected chi connectivity index (χ0v) is 12.7. The summed E-state index contributed by atoms with van der Waals surface area (Å²) >= 11 is 0. The molecule has 1 aliphatic rings. The maximum absolute atomic E-state index is 14.0. The van der Waals surface area contributed by atoms with E-state index in [2.05, 4.69) is 15.1 Å². The van der Waals surface area contributed by atoms with Gasteiger partial charge in [-0.05, 0) is 12.1 Å². The highest BCUT2D eigenvalue weighted by Gasteiger charge is 2.46. The van der Waals surface area contributed by atoms with Gasteiger partial charge in [-0.3, -0.25) is 9.78 Å². The first-order chi connectivity index (χ1) is 11.5. The van der Waals surface area contributed by atoms with Crippen molar-refractivity contribution in [2.45, 2.75) is 24.9 Å². The quantitative estimate of drug-likeness (QED) is 0.871. The van der Waals surface area contributed by atoms with Crippen LogP contribution in [0.2, 0.25) is 0 Å². The van der Waals surface area contributed by atoms with Crippen molar-refractivity contribution >= 4 is 11.9 Å². The van der Waals surface area contributed by atoms with Crippen LogP contribution < -0.4 is 0 Å². The number of likely N-dealkylation sites (tertiary alicyclic amines) is 1. The Morgan fingerprint density at radius 3 is 2.92 bits per heavy atom. The smallest absolute Gasteiger partial charge is 0.343 e. The monoisotopic (exact) mass is 334 g/mol. The predicted octanol–water partition coefficient (Wildman–Crippen LogP) is 1.09. The number of carbonyl (C=O) groups excluding carboxylic acids is 1. The molecule has 1 N–H and O–H groups in total. The van der Waals surface area contributed by atoms with E-state index >= 15 is 0 Å². The highest BCUT2D eigenvalue weighted by atomic mass is 19.1. The molecule has 8 nitrogen and oxygen atoms in total. The Kier molecular flexibility index (Phi) is 4.24. The summed E-state index contributed by atoms with van der Waals surface area (Å²) in [6, 6.07) is 5.29. The van der Waals surface area contributed by atoms with Gasteiger partial charge in [0.15, 0.2) is 0 Å². The number of carboxylic acid groups (broad SMARTS) is 1. The van der Waals surface area contributed by atoms with E-state index in [1.807, 2.05) is 0 Å². The molecule has 24 heavy (non-hydrogen) atoms. The molecule has 1 fully saturated rings. The van der Waals surface area contributed by atoms with Crippen LogP contribution in [0.15, 0.2) is 28.9 Å². The first kappa shape index (κ1) is 16.0. The van der Waals surface area contributed by atoms with Crippen molar-refractivity contribution in [1.82, 2.24) is 20.0 Å². The Morgan fingerprint density at radius 1 is 1.42 bits per heavy atom. The SMILES string of the molecule is O=C(CCc1nc(-c2ccccn2)no1)N1CCC(F)(C(=O)O)C1. The van der Waals surface area contributed by atoms with Crippen LogP contribution in [0.3, 0.4) is 0 Å². The molecular formula is C15H15FN4O4. The largest absolute Gasteiger partial charge is 0.479 e. The number of aromatic nitrogens is 3. The number of carbonyl (C=O) groups is 2. The van der Waals surface area contributed by atoms with Crippen molar-refractivity contribution in [3.8, 4) is 11.5 Å². The molecular weight excluding hydrogens is 319 g/mol. The number of hydrogen-bond donors (Lipinski definition) is 1. The van der Waals surface area contributed by atoms with Gasteiger partial charge in [-0.1, -0.05) is 11.2 Å². The minimum atomic E-state index is -2.35. The normalized spacial score (nSPS) is 20.3. The van der Waals surface area contributed by atoms with Crippen molar-refractivity contribution in [2.24, 2.45) is 0 Å². The maximum atomic E-state index is 14.0. The van der Waals surface area contributed by atoms with Crippen LogP contribution in [0, 0.1) is 0 Å². The van der Waals surface area contributed by atoms with Gasteiger partial charge in [0, 0.05) is 32.0 Å². The number of nitrogens with zero attached hydrogens (tertiary/aromatic N) is 4. The second-order valence-electron chi connectivity index (χ2n) is 5.56. The Bertz CT molecular complexity index is 751. The summed E-state index contributed by atoms with van der Waals surface area (Å²) in [4.78, 5) is 32.4. The van der Waals surface area contributed by atoms with Crippen LogP contribution >= 0.6 is 0 Å². The average Bonchev–Trinajstić information content (AvgIpc) is 3.21. The summed E-state index contributed by atoms with van der Waals surface area (Å²) in [6.07, 6.45) is 1.65. The minimum absolute atomic E-state index is 0.0412. The molecule has 0 spiro atoms. The molecule has 2 aromatic heterocycles. The molecule has 1 saturated heterocycles. The van der Waals surface area contributed by atoms with E-state index in [1.165, 1.54) is 4.90 Å². The van der Waals surface area contributed by atoms with E-state index < -0.39 is 18.2 Å². The van der Waals surface area contributed by atoms with Crippen LogP contribution in [0.5, 0.6) is 0 Å². The lowest BCUT2D eigenvalue weighted by Crippen LogP contribution is -2.38. The van der Waals surface area contributed by atoms with Crippen molar-refractivity contribution in [3.05, 3.63) is 30.3 Å². The summed E-state index contributed by atoms with van der Waals surface area (Å²) in [5.41, 5.74) is -1.80. The lowest BCUT2D eigenvalue weighted by atomic mass is 10.1. The van der Waals surface area contributed by atoms with Crippen molar-refractivity contribution in [2.75, 3.05) is 13.1 Å². The van der Waals surface area contributed by atoms with Crippen molar-refractivity contribution < 1.29 is 23.6 Å². The van der Waals surface area contributed by atoms with Gasteiger partial charge in [0.1, 0.15) is 5.69 Å². The highest BCUT2D eigenvalue weighted by Crippen LogP contribution is 2.26. The maximum Gasteiger partial charge on any atom is 0.343 e. The van der Waals surface area contributed by atoms with Crippen LogP contribution in [-0.2, 0) is 16.0 Å². The molecule has 3 rings (SSSR count). The summed E-state index contributed by atoms with van der Waals surface area (Å²) in [5.74, 6) is -1.27. The van der Waals surface area contributed by atoms with Gasteiger partial charge in [-0.15, -0.1) is 0 Å². The van der Waals surface area contributed by atoms with Gasteiger partial charge in [0.2, 0.25) is 23.3 Å². The lowest BCUT2D eigenvalue weighted by Gasteiger charge is -2.17. The number of rotatable bonds is 5. The Hall–Kier alpha value is -2.84. The number of aliphatic carboxylic acids is 1. The van der Waals surface area contributed by atoms with Crippen LogP contribution in [0.4, 0.5) is 4.39 Å². The Morgan fingerprint density at radius 2 is 2.25 bits per heavy atom. The summed E-state index contributed by atoms with van der Waals surface area (Å²) in [6.45, 7) is -0.338. The number of aryl methyl sites for hydroxylation is 1. The number of halogens is 1. The number of amides is 1. The molecule has 0 aromatic carbocycles. The third-order valence-electron chi connectivity index (χ3n) is 3.87. The van der Waals surface area contributed by atoms with Gasteiger partial charge in [-0.25, -0.2) is 9.18 Å². The molecule has 1 aliphatic heterocycles. The third kappa shape index (κ3) is 3.24. The third-order valence-corrected chi connectivity index (χ3v) is 3.87. The summed E-state index contributed by atoms with van der Waals surface area (Å²) in [5, 5.41) is 12.6. The number of hydrogen-bond acceptors (Lipinski definition) is 6. The summed E-state index contributed by atoms with van der Waals surface area (Å²) in [7, 11) is 0. The number of pyridine rings is 1. The standard InChI is InChI=1S/C15H15FN4O4/c16-15(14(22)23)6-8-20(9-15)12(21)5-4-11-18-13(19-24-11)10-3-1-2-7-17-10/h1-3,7H,4-6,8-9H2,(H,22,23). The lowest BCUT2D eigenvalue weighted by molar-refractivity contribution is -0.150. The molecule has 3 heterocycles. The van der Waals surface area contributed by atoms with Crippen LogP contribution in [0.25, 0.3) is 11.5 Å². The number of alkyl halides is 1. The molecule has 2 aromatic rings. The molecule has 0 saturated carbocycles. The van der Waals surface area contributed by atoms with Crippen molar-refractivity contribution in [1.29, 1.82) is 0 Å². The predicted molar refractivity (Wildman–Crippen MR) is 78.5 cm³/mol. The van der Waals surface area contributed by atoms with Gasteiger partial charge in [0.25, 0.3) is 0 Å². The van der Waals surface area contributed by atoms with E-state index in [0.29, 0.717) is 11.5 Å². The summed E-state index contributed by atoms with van der Waals surface area (Å²) < 4.78 is 19.0. The number of carboxylic acids is 1. The topological polar surface area (TPSA) is 109 Å². The fourth-order valence-electron chi connectivity index (χ4n) is 2.49. The van der Waals surface area contributed by atoms with E-state index in [1.54, 1.807) is 24.4 Å². The zero-order chi connectivity index (χ0) is 17.2. The fourth-order valence-corrected chi connectivity index (χ4v) is 2.49. The average molecular weight is 334 g/mol. The highest BCUT2D eigenvalue weighted by molar-refractivity contribution is 5.82. The molecule has 0 aliphatic carbocycles. The molecule has 1 amide bonds. The van der Waals surface area contributed by atoms with Gasteiger partial charge >= 0.3 is 5.97 Å². The molecule has 0 radical (unpaired) electrons. The second-order valence-corrected chi connectivity index (χ2v) is 5.56. The molecule has 0 bridgehead atoms. The van der Waals surface area contributed by atoms with E-state index in [4.69, 9.17) is 9.63 Å². The molecule has 126 valence electrons. The zero-order valence-electron chi connectivity index (χ0n) is 12.7. The van der Waals surface area contributed by atoms with Gasteiger partial charge < -0.3 is 14.5 Å². The molecule has 1 atom stereocenters. The van der Waals surface area contributed by atoms with E-state index in [0.717, 1.165) is 0 Å². The first-order valence-corrected chi connectivity index (χ1v) is 7.42. The van der Waals surface area contributed by atoms with Gasteiger partial charge in [-0.2, -0.15) is 4.98 Å². The Balaban J connectivity index is 1.56. The van der Waals surface area contributed by atoms with Gasteiger partial charge in [0.05, 0.1) is 6.54 Å². The minimum Gasteiger partial charge on any atom is -0.479 e. The van der Waals surface area contributed by atoms with Crippen LogP contribution in [0.1, 0.15) is 18.7 Å². The van der Waals surface area contributed by atoms with E-state index in [9.17, 15) is 14.0 Å². The Labute approximate surface area is 136 Å². The van der Waals surface area contributed by atoms with Crippen LogP contribution in [-0.4, -0.2) is 55.8 Å². The molecule has 9 heteroatoms. The second kappa shape index (κ2) is 6.34. The molecule has 1 unspecified atom stereocenters. The van der Waals surface area contributed by atoms with E-state index in [-0.39, 0.29) is 37.6 Å². The van der Waals surface area contributed by atoms with Crippen molar-refractivity contribution in [3.63, 3.8) is 0 Å². The first-order valence-electron chi connectivity index (χ1n) is 7.42. The fraction of sp³-hybridized carbons (Fsp3) is 0.400.